The Hall–Kier alpha value is -1.17. The van der Waals surface area contributed by atoms with Gasteiger partial charge in [0.25, 0.3) is 0 Å². The van der Waals surface area contributed by atoms with Crippen molar-refractivity contribution >= 4 is 11.3 Å². The lowest BCUT2D eigenvalue weighted by Gasteiger charge is -1.99. The maximum Gasteiger partial charge on any atom is 0.236 e. The molecule has 0 amide bonds. The first kappa shape index (κ1) is 11.3. The molecule has 0 atom stereocenters. The Bertz CT molecular complexity index is 411. The SMILES string of the molecule is COCCNCc1coc(-c2cccs2)n1. The van der Waals surface area contributed by atoms with Gasteiger partial charge in [0.1, 0.15) is 6.26 Å². The van der Waals surface area contributed by atoms with Crippen molar-refractivity contribution in [3.05, 3.63) is 29.5 Å². The molecule has 0 radical (unpaired) electrons. The number of nitrogens with one attached hydrogen (secondary N) is 1. The summed E-state index contributed by atoms with van der Waals surface area (Å²) in [6.45, 7) is 2.23. The summed E-state index contributed by atoms with van der Waals surface area (Å²) in [4.78, 5) is 5.45. The van der Waals surface area contributed by atoms with Crippen LogP contribution in [0, 0.1) is 0 Å². The van der Waals surface area contributed by atoms with Gasteiger partial charge in [0.05, 0.1) is 17.2 Å². The lowest BCUT2D eigenvalue weighted by molar-refractivity contribution is 0.199. The van der Waals surface area contributed by atoms with Crippen LogP contribution in [0.25, 0.3) is 10.8 Å². The lowest BCUT2D eigenvalue weighted by Crippen LogP contribution is -2.18. The van der Waals surface area contributed by atoms with Gasteiger partial charge >= 0.3 is 0 Å². The van der Waals surface area contributed by atoms with Crippen LogP contribution in [0.3, 0.4) is 0 Å². The Balaban J connectivity index is 1.88. The molecule has 0 unspecified atom stereocenters. The topological polar surface area (TPSA) is 47.3 Å². The Kier molecular flexibility index (Phi) is 4.10. The van der Waals surface area contributed by atoms with Crippen LogP contribution < -0.4 is 5.32 Å². The minimum Gasteiger partial charge on any atom is -0.444 e. The lowest BCUT2D eigenvalue weighted by atomic mass is 10.4. The molecule has 0 aliphatic heterocycles. The third kappa shape index (κ3) is 2.91. The van der Waals surface area contributed by atoms with Gasteiger partial charge in [-0.1, -0.05) is 6.07 Å². The summed E-state index contributed by atoms with van der Waals surface area (Å²) in [7, 11) is 1.69. The van der Waals surface area contributed by atoms with E-state index in [1.165, 1.54) is 0 Å². The zero-order chi connectivity index (χ0) is 11.2. The number of methoxy groups -OCH3 is 1. The van der Waals surface area contributed by atoms with Crippen LogP contribution >= 0.6 is 11.3 Å². The van der Waals surface area contributed by atoms with Crippen molar-refractivity contribution in [3.8, 4) is 10.8 Å². The molecule has 2 rings (SSSR count). The van der Waals surface area contributed by atoms with E-state index < -0.39 is 0 Å². The van der Waals surface area contributed by atoms with Gasteiger partial charge in [-0.15, -0.1) is 11.3 Å². The normalized spacial score (nSPS) is 10.8. The van der Waals surface area contributed by atoms with E-state index in [1.807, 2.05) is 17.5 Å². The van der Waals surface area contributed by atoms with E-state index in [1.54, 1.807) is 24.7 Å². The molecule has 0 spiro atoms. The maximum absolute atomic E-state index is 5.39. The van der Waals surface area contributed by atoms with Crippen molar-refractivity contribution < 1.29 is 9.15 Å². The highest BCUT2D eigenvalue weighted by Crippen LogP contribution is 2.23. The van der Waals surface area contributed by atoms with Crippen molar-refractivity contribution in [1.29, 1.82) is 0 Å². The van der Waals surface area contributed by atoms with Crippen molar-refractivity contribution in [2.75, 3.05) is 20.3 Å². The third-order valence-electron chi connectivity index (χ3n) is 2.07. The zero-order valence-corrected chi connectivity index (χ0v) is 9.92. The molecule has 1 N–H and O–H groups in total. The number of ether oxygens (including phenoxy) is 1. The Morgan fingerprint density at radius 1 is 1.56 bits per heavy atom. The van der Waals surface area contributed by atoms with Crippen LogP contribution in [-0.4, -0.2) is 25.2 Å². The second-order valence-corrected chi connectivity index (χ2v) is 4.24. The number of aromatic nitrogens is 1. The first-order valence-electron chi connectivity index (χ1n) is 5.08. The van der Waals surface area contributed by atoms with E-state index >= 15 is 0 Å². The second kappa shape index (κ2) is 5.79. The minimum absolute atomic E-state index is 0.693. The molecule has 0 aliphatic rings. The summed E-state index contributed by atoms with van der Waals surface area (Å²) < 4.78 is 10.3. The molecular formula is C11H14N2O2S. The van der Waals surface area contributed by atoms with Crippen LogP contribution in [0.5, 0.6) is 0 Å². The molecule has 0 bridgehead atoms. The highest BCUT2D eigenvalue weighted by atomic mass is 32.1. The van der Waals surface area contributed by atoms with E-state index in [2.05, 4.69) is 10.3 Å². The van der Waals surface area contributed by atoms with Gasteiger partial charge in [0.2, 0.25) is 5.89 Å². The summed E-state index contributed by atoms with van der Waals surface area (Å²) in [6.07, 6.45) is 1.69. The maximum atomic E-state index is 5.39. The average molecular weight is 238 g/mol. The highest BCUT2D eigenvalue weighted by molar-refractivity contribution is 7.13. The fourth-order valence-corrected chi connectivity index (χ4v) is 1.95. The van der Waals surface area contributed by atoms with Gasteiger partial charge in [0, 0.05) is 20.2 Å². The fraction of sp³-hybridized carbons (Fsp3) is 0.364. The first-order chi connectivity index (χ1) is 7.90. The summed E-state index contributed by atoms with van der Waals surface area (Å²) in [5.74, 6) is 0.693. The van der Waals surface area contributed by atoms with Crippen molar-refractivity contribution in [3.63, 3.8) is 0 Å². The van der Waals surface area contributed by atoms with Gasteiger partial charge in [-0.2, -0.15) is 0 Å². The van der Waals surface area contributed by atoms with Gasteiger partial charge in [0.15, 0.2) is 0 Å². The molecule has 0 aromatic carbocycles. The summed E-state index contributed by atoms with van der Waals surface area (Å²) in [6, 6.07) is 3.99. The highest BCUT2D eigenvalue weighted by Gasteiger charge is 2.06. The predicted octanol–water partition coefficient (Wildman–Crippen LogP) is 2.14. The molecule has 16 heavy (non-hydrogen) atoms. The minimum atomic E-state index is 0.693. The molecule has 86 valence electrons. The molecule has 0 saturated heterocycles. The monoisotopic (exact) mass is 238 g/mol. The van der Waals surface area contributed by atoms with Gasteiger partial charge in [-0.3, -0.25) is 0 Å². The Labute approximate surface area is 98.3 Å². The molecule has 0 aliphatic carbocycles. The molecular weight excluding hydrogens is 224 g/mol. The molecule has 2 heterocycles. The summed E-state index contributed by atoms with van der Waals surface area (Å²) in [5.41, 5.74) is 0.916. The van der Waals surface area contributed by atoms with Gasteiger partial charge < -0.3 is 14.5 Å². The molecule has 2 aromatic heterocycles. The zero-order valence-electron chi connectivity index (χ0n) is 9.10. The van der Waals surface area contributed by atoms with Crippen LogP contribution in [0.4, 0.5) is 0 Å². The van der Waals surface area contributed by atoms with E-state index in [4.69, 9.17) is 9.15 Å². The van der Waals surface area contributed by atoms with Gasteiger partial charge in [-0.05, 0) is 11.4 Å². The van der Waals surface area contributed by atoms with Crippen LogP contribution in [0.15, 0.2) is 28.2 Å². The predicted molar refractivity (Wildman–Crippen MR) is 63.4 cm³/mol. The average Bonchev–Trinajstić information content (AvgIpc) is 2.94. The van der Waals surface area contributed by atoms with Crippen molar-refractivity contribution in [2.45, 2.75) is 6.54 Å². The summed E-state index contributed by atoms with van der Waals surface area (Å²) in [5, 5.41) is 5.23. The molecule has 4 nitrogen and oxygen atoms in total. The number of thiophene rings is 1. The quantitative estimate of drug-likeness (QED) is 0.783. The number of hydrogen-bond acceptors (Lipinski definition) is 5. The van der Waals surface area contributed by atoms with E-state index in [0.29, 0.717) is 19.0 Å². The van der Waals surface area contributed by atoms with E-state index in [0.717, 1.165) is 17.1 Å². The Morgan fingerprint density at radius 2 is 2.50 bits per heavy atom. The van der Waals surface area contributed by atoms with Crippen molar-refractivity contribution in [1.82, 2.24) is 10.3 Å². The van der Waals surface area contributed by atoms with Crippen molar-refractivity contribution in [2.24, 2.45) is 0 Å². The standard InChI is InChI=1S/C11H14N2O2S/c1-14-5-4-12-7-9-8-15-11(13-9)10-3-2-6-16-10/h2-3,6,8,12H,4-5,7H2,1H3. The number of nitrogens with zero attached hydrogens (tertiary/aromatic N) is 1. The first-order valence-corrected chi connectivity index (χ1v) is 5.96. The number of rotatable bonds is 6. The van der Waals surface area contributed by atoms with E-state index in [9.17, 15) is 0 Å². The van der Waals surface area contributed by atoms with Gasteiger partial charge in [-0.25, -0.2) is 4.98 Å². The van der Waals surface area contributed by atoms with Crippen LogP contribution in [0.2, 0.25) is 0 Å². The van der Waals surface area contributed by atoms with Crippen LogP contribution in [-0.2, 0) is 11.3 Å². The Morgan fingerprint density at radius 3 is 3.25 bits per heavy atom. The smallest absolute Gasteiger partial charge is 0.236 e. The third-order valence-corrected chi connectivity index (χ3v) is 2.93. The largest absolute Gasteiger partial charge is 0.444 e. The van der Waals surface area contributed by atoms with Crippen LogP contribution in [0.1, 0.15) is 5.69 Å². The molecule has 2 aromatic rings. The summed E-state index contributed by atoms with van der Waals surface area (Å²) >= 11 is 1.62. The second-order valence-electron chi connectivity index (χ2n) is 3.29. The molecule has 5 heteroatoms. The number of oxazole rings is 1. The fourth-order valence-electron chi connectivity index (χ4n) is 1.29. The number of hydrogen-bond donors (Lipinski definition) is 1. The molecule has 0 fully saturated rings. The molecule has 0 saturated carbocycles. The van der Waals surface area contributed by atoms with E-state index in [-0.39, 0.29) is 0 Å².